The van der Waals surface area contributed by atoms with E-state index >= 15 is 0 Å². The second kappa shape index (κ2) is 7.07. The van der Waals surface area contributed by atoms with Crippen molar-refractivity contribution in [3.05, 3.63) is 12.3 Å². The highest BCUT2D eigenvalue weighted by Gasteiger charge is 2.23. The van der Waals surface area contributed by atoms with Crippen molar-refractivity contribution < 1.29 is 4.74 Å². The van der Waals surface area contributed by atoms with E-state index in [1.165, 1.54) is 25.7 Å². The molecule has 2 aliphatic heterocycles. The Hall–Kier alpha value is -1.36. The van der Waals surface area contributed by atoms with Crippen LogP contribution in [-0.4, -0.2) is 41.8 Å². The average Bonchev–Trinajstić information content (AvgIpc) is 3.06. The number of nitrogens with one attached hydrogen (secondary N) is 1. The maximum atomic E-state index is 5.64. The van der Waals surface area contributed by atoms with Crippen molar-refractivity contribution in [3.63, 3.8) is 0 Å². The number of hydrogen-bond acceptors (Lipinski definition) is 5. The summed E-state index contributed by atoms with van der Waals surface area (Å²) < 4.78 is 5.64. The zero-order valence-corrected chi connectivity index (χ0v) is 12.9. The lowest BCUT2D eigenvalue weighted by Gasteiger charge is -2.35. The van der Waals surface area contributed by atoms with Gasteiger partial charge in [-0.15, -0.1) is 0 Å². The molecule has 0 bridgehead atoms. The Kier molecular flexibility index (Phi) is 4.91. The van der Waals surface area contributed by atoms with E-state index in [1.807, 2.05) is 12.3 Å². The molecule has 2 atom stereocenters. The van der Waals surface area contributed by atoms with E-state index in [-0.39, 0.29) is 0 Å². The van der Waals surface area contributed by atoms with Crippen molar-refractivity contribution in [1.29, 1.82) is 0 Å². The summed E-state index contributed by atoms with van der Waals surface area (Å²) in [5, 5.41) is 3.40. The van der Waals surface area contributed by atoms with Crippen LogP contribution >= 0.6 is 0 Å². The third kappa shape index (κ3) is 3.64. The normalized spacial score (nSPS) is 26.0. The summed E-state index contributed by atoms with van der Waals surface area (Å²) in [6.45, 7) is 5.07. The van der Waals surface area contributed by atoms with Gasteiger partial charge >= 0.3 is 0 Å². The predicted octanol–water partition coefficient (Wildman–Crippen LogP) is 2.84. The predicted molar refractivity (Wildman–Crippen MR) is 84.8 cm³/mol. The number of ether oxygens (including phenoxy) is 1. The molecule has 5 nitrogen and oxygen atoms in total. The lowest BCUT2D eigenvalue weighted by atomic mass is 10.0. The Balaban J connectivity index is 1.64. The van der Waals surface area contributed by atoms with Gasteiger partial charge in [0.25, 0.3) is 0 Å². The Bertz CT molecular complexity index is 448. The van der Waals surface area contributed by atoms with Crippen LogP contribution in [0.15, 0.2) is 12.3 Å². The number of piperidine rings is 1. The van der Waals surface area contributed by atoms with E-state index < -0.39 is 0 Å². The largest absolute Gasteiger partial charge is 0.376 e. The highest BCUT2D eigenvalue weighted by molar-refractivity contribution is 5.42. The molecule has 116 valence electrons. The first-order valence-corrected chi connectivity index (χ1v) is 8.32. The van der Waals surface area contributed by atoms with Crippen LogP contribution in [0.5, 0.6) is 0 Å². The summed E-state index contributed by atoms with van der Waals surface area (Å²) in [5.74, 6) is 1.79. The molecule has 1 N–H and O–H groups in total. The standard InChI is InChI=1S/C16H26N4O/c1-2-13-6-3-4-10-20(13)16-17-9-8-15(19-16)18-12-14-7-5-11-21-14/h8-9,13-14H,2-7,10-12H2,1H3,(H,17,18,19). The van der Waals surface area contributed by atoms with Gasteiger partial charge in [0.1, 0.15) is 5.82 Å². The van der Waals surface area contributed by atoms with Crippen LogP contribution in [0.1, 0.15) is 45.4 Å². The van der Waals surface area contributed by atoms with Crippen LogP contribution in [0.2, 0.25) is 0 Å². The third-order valence-electron chi connectivity index (χ3n) is 4.53. The van der Waals surface area contributed by atoms with Gasteiger partial charge in [-0.2, -0.15) is 4.98 Å². The molecule has 1 aromatic heterocycles. The maximum Gasteiger partial charge on any atom is 0.227 e. The van der Waals surface area contributed by atoms with Crippen LogP contribution in [0.25, 0.3) is 0 Å². The minimum Gasteiger partial charge on any atom is -0.376 e. The molecule has 0 aromatic carbocycles. The summed E-state index contributed by atoms with van der Waals surface area (Å²) in [4.78, 5) is 11.6. The van der Waals surface area contributed by atoms with Gasteiger partial charge in [-0.25, -0.2) is 4.98 Å². The molecule has 0 radical (unpaired) electrons. The van der Waals surface area contributed by atoms with Gasteiger partial charge in [0.05, 0.1) is 6.10 Å². The molecule has 2 fully saturated rings. The van der Waals surface area contributed by atoms with E-state index in [0.29, 0.717) is 12.1 Å². The van der Waals surface area contributed by atoms with Crippen molar-refractivity contribution in [1.82, 2.24) is 9.97 Å². The Morgan fingerprint density at radius 1 is 1.33 bits per heavy atom. The molecule has 5 heteroatoms. The molecule has 2 aliphatic rings. The number of rotatable bonds is 5. The smallest absolute Gasteiger partial charge is 0.227 e. The van der Waals surface area contributed by atoms with E-state index in [2.05, 4.69) is 22.1 Å². The molecule has 2 unspecified atom stereocenters. The first-order chi connectivity index (χ1) is 10.4. The Labute approximate surface area is 127 Å². The van der Waals surface area contributed by atoms with Crippen molar-refractivity contribution >= 4 is 11.8 Å². The Morgan fingerprint density at radius 3 is 3.10 bits per heavy atom. The summed E-state index contributed by atoms with van der Waals surface area (Å²) >= 11 is 0. The van der Waals surface area contributed by atoms with Crippen molar-refractivity contribution in [2.24, 2.45) is 0 Å². The zero-order chi connectivity index (χ0) is 14.5. The fraction of sp³-hybridized carbons (Fsp3) is 0.750. The monoisotopic (exact) mass is 290 g/mol. The van der Waals surface area contributed by atoms with Gasteiger partial charge < -0.3 is 15.0 Å². The number of anilines is 2. The lowest BCUT2D eigenvalue weighted by molar-refractivity contribution is 0.120. The van der Waals surface area contributed by atoms with Crippen LogP contribution in [0, 0.1) is 0 Å². The summed E-state index contributed by atoms with van der Waals surface area (Å²) in [7, 11) is 0. The van der Waals surface area contributed by atoms with E-state index in [4.69, 9.17) is 9.72 Å². The van der Waals surface area contributed by atoms with E-state index in [0.717, 1.165) is 44.3 Å². The second-order valence-electron chi connectivity index (χ2n) is 6.01. The van der Waals surface area contributed by atoms with Gasteiger partial charge in [0.2, 0.25) is 5.95 Å². The highest BCUT2D eigenvalue weighted by Crippen LogP contribution is 2.24. The van der Waals surface area contributed by atoms with E-state index in [1.54, 1.807) is 0 Å². The van der Waals surface area contributed by atoms with Crippen molar-refractivity contribution in [2.45, 2.75) is 57.6 Å². The van der Waals surface area contributed by atoms with Crippen LogP contribution in [-0.2, 0) is 4.74 Å². The first kappa shape index (κ1) is 14.6. The third-order valence-corrected chi connectivity index (χ3v) is 4.53. The molecule has 0 aliphatic carbocycles. The van der Waals surface area contributed by atoms with Gasteiger partial charge in [-0.05, 0) is 44.6 Å². The molecule has 1 aromatic rings. The average molecular weight is 290 g/mol. The molecule has 21 heavy (non-hydrogen) atoms. The highest BCUT2D eigenvalue weighted by atomic mass is 16.5. The summed E-state index contributed by atoms with van der Waals surface area (Å²) in [5.41, 5.74) is 0. The summed E-state index contributed by atoms with van der Waals surface area (Å²) in [6.07, 6.45) is 9.51. The molecule has 3 heterocycles. The van der Waals surface area contributed by atoms with Gasteiger partial charge in [0.15, 0.2) is 0 Å². The Morgan fingerprint density at radius 2 is 2.29 bits per heavy atom. The number of hydrogen-bond donors (Lipinski definition) is 1. The lowest BCUT2D eigenvalue weighted by Crippen LogP contribution is -2.40. The molecule has 0 saturated carbocycles. The van der Waals surface area contributed by atoms with Gasteiger partial charge in [-0.3, -0.25) is 0 Å². The van der Waals surface area contributed by atoms with E-state index in [9.17, 15) is 0 Å². The first-order valence-electron chi connectivity index (χ1n) is 8.32. The number of aromatic nitrogens is 2. The molecule has 2 saturated heterocycles. The van der Waals surface area contributed by atoms with Crippen LogP contribution in [0.3, 0.4) is 0 Å². The topological polar surface area (TPSA) is 50.3 Å². The summed E-state index contributed by atoms with van der Waals surface area (Å²) in [6, 6.07) is 2.54. The number of nitrogens with zero attached hydrogens (tertiary/aromatic N) is 3. The fourth-order valence-electron chi connectivity index (χ4n) is 3.30. The molecular formula is C16H26N4O. The van der Waals surface area contributed by atoms with Crippen LogP contribution < -0.4 is 10.2 Å². The fourth-order valence-corrected chi connectivity index (χ4v) is 3.30. The van der Waals surface area contributed by atoms with Crippen molar-refractivity contribution in [3.8, 4) is 0 Å². The quantitative estimate of drug-likeness (QED) is 0.903. The second-order valence-corrected chi connectivity index (χ2v) is 6.01. The zero-order valence-electron chi connectivity index (χ0n) is 12.9. The minimum absolute atomic E-state index is 0.335. The molecule has 3 rings (SSSR count). The van der Waals surface area contributed by atoms with Crippen LogP contribution in [0.4, 0.5) is 11.8 Å². The SMILES string of the molecule is CCC1CCCCN1c1nccc(NCC2CCCO2)n1. The molecule has 0 amide bonds. The minimum atomic E-state index is 0.335. The molecular weight excluding hydrogens is 264 g/mol. The van der Waals surface area contributed by atoms with Gasteiger partial charge in [0, 0.05) is 31.9 Å². The van der Waals surface area contributed by atoms with Crippen molar-refractivity contribution in [2.75, 3.05) is 29.9 Å². The van der Waals surface area contributed by atoms with Gasteiger partial charge in [-0.1, -0.05) is 6.92 Å². The maximum absolute atomic E-state index is 5.64. The molecule has 0 spiro atoms.